The molecule has 0 fully saturated rings. The van der Waals surface area contributed by atoms with Gasteiger partial charge in [-0.3, -0.25) is 9.67 Å². The zero-order chi connectivity index (χ0) is 13.3. The maximum atomic E-state index is 13.7. The molecule has 0 amide bonds. The van der Waals surface area contributed by atoms with E-state index in [2.05, 4.69) is 10.1 Å². The van der Waals surface area contributed by atoms with Gasteiger partial charge in [0.25, 0.3) is 0 Å². The molecule has 0 atom stereocenters. The number of rotatable bonds is 3. The molecule has 0 bridgehead atoms. The summed E-state index contributed by atoms with van der Waals surface area (Å²) < 4.78 is 28.4. The SMILES string of the molecule is CC(C)(C=O)n1cc(F)c(-c2ncccc2F)n1. The summed E-state index contributed by atoms with van der Waals surface area (Å²) in [4.78, 5) is 14.6. The van der Waals surface area contributed by atoms with Crippen LogP contribution in [0, 0.1) is 11.6 Å². The summed E-state index contributed by atoms with van der Waals surface area (Å²) in [6.07, 6.45) is 3.04. The summed E-state index contributed by atoms with van der Waals surface area (Å²) in [7, 11) is 0. The third-order valence-corrected chi connectivity index (χ3v) is 2.53. The number of carbonyl (C=O) groups excluding carboxylic acids is 1. The molecule has 0 aliphatic heterocycles. The van der Waals surface area contributed by atoms with Crippen LogP contribution in [0.1, 0.15) is 13.8 Å². The highest BCUT2D eigenvalue weighted by molar-refractivity contribution is 5.61. The molecule has 18 heavy (non-hydrogen) atoms. The van der Waals surface area contributed by atoms with Crippen molar-refractivity contribution < 1.29 is 13.6 Å². The molecular formula is C12H11F2N3O. The molecule has 2 rings (SSSR count). The fourth-order valence-corrected chi connectivity index (χ4v) is 1.42. The Hall–Kier alpha value is -2.11. The monoisotopic (exact) mass is 251 g/mol. The molecule has 0 radical (unpaired) electrons. The molecule has 0 saturated heterocycles. The number of nitrogens with zero attached hydrogens (tertiary/aromatic N) is 3. The first kappa shape index (κ1) is 12.3. The molecule has 0 N–H and O–H groups in total. The summed E-state index contributed by atoms with van der Waals surface area (Å²) in [5.41, 5.74) is -1.37. The number of carbonyl (C=O) groups is 1. The molecule has 0 saturated carbocycles. The Balaban J connectivity index is 2.55. The van der Waals surface area contributed by atoms with Crippen LogP contribution >= 0.6 is 0 Å². The minimum Gasteiger partial charge on any atom is -0.301 e. The van der Waals surface area contributed by atoms with Crippen molar-refractivity contribution >= 4 is 6.29 Å². The van der Waals surface area contributed by atoms with Gasteiger partial charge in [-0.1, -0.05) is 0 Å². The van der Waals surface area contributed by atoms with E-state index in [-0.39, 0.29) is 11.4 Å². The Bertz CT molecular complexity index is 593. The highest BCUT2D eigenvalue weighted by atomic mass is 19.1. The number of hydrogen-bond donors (Lipinski definition) is 0. The van der Waals surface area contributed by atoms with Crippen LogP contribution < -0.4 is 0 Å². The van der Waals surface area contributed by atoms with Crippen molar-refractivity contribution in [3.63, 3.8) is 0 Å². The minimum atomic E-state index is -0.996. The van der Waals surface area contributed by atoms with Gasteiger partial charge in [-0.25, -0.2) is 8.78 Å². The molecule has 0 aliphatic carbocycles. The highest BCUT2D eigenvalue weighted by Crippen LogP contribution is 2.23. The van der Waals surface area contributed by atoms with Gasteiger partial charge in [0, 0.05) is 6.20 Å². The van der Waals surface area contributed by atoms with Gasteiger partial charge < -0.3 is 4.79 Å². The number of aromatic nitrogens is 3. The Morgan fingerprint density at radius 1 is 1.28 bits per heavy atom. The summed E-state index contributed by atoms with van der Waals surface area (Å²) in [5, 5.41) is 3.89. The quantitative estimate of drug-likeness (QED) is 0.785. The van der Waals surface area contributed by atoms with Crippen LogP contribution in [0.2, 0.25) is 0 Å². The van der Waals surface area contributed by atoms with Crippen LogP contribution in [0.5, 0.6) is 0 Å². The van der Waals surface area contributed by atoms with Crippen LogP contribution in [0.25, 0.3) is 11.4 Å². The van der Waals surface area contributed by atoms with Gasteiger partial charge >= 0.3 is 0 Å². The zero-order valence-electron chi connectivity index (χ0n) is 9.89. The Kier molecular flexibility index (Phi) is 2.94. The van der Waals surface area contributed by atoms with Gasteiger partial charge in [0.1, 0.15) is 23.2 Å². The first-order valence-corrected chi connectivity index (χ1v) is 5.28. The molecule has 2 aromatic rings. The van der Waals surface area contributed by atoms with Gasteiger partial charge in [0.05, 0.1) is 6.20 Å². The highest BCUT2D eigenvalue weighted by Gasteiger charge is 2.24. The largest absolute Gasteiger partial charge is 0.301 e. The molecule has 4 nitrogen and oxygen atoms in total. The third kappa shape index (κ3) is 2.01. The van der Waals surface area contributed by atoms with E-state index >= 15 is 0 Å². The van der Waals surface area contributed by atoms with Crippen molar-refractivity contribution in [1.82, 2.24) is 14.8 Å². The number of hydrogen-bond acceptors (Lipinski definition) is 3. The fraction of sp³-hybridized carbons (Fsp3) is 0.250. The van der Waals surface area contributed by atoms with E-state index in [0.717, 1.165) is 10.9 Å². The van der Waals surface area contributed by atoms with Crippen molar-refractivity contribution in [3.8, 4) is 11.4 Å². The standard InChI is InChI=1S/C12H11F2N3O/c1-12(2,7-18)17-6-9(14)11(16-17)10-8(13)4-3-5-15-10/h3-7H,1-2H3. The lowest BCUT2D eigenvalue weighted by Gasteiger charge is -2.16. The lowest BCUT2D eigenvalue weighted by Crippen LogP contribution is -2.28. The van der Waals surface area contributed by atoms with Crippen LogP contribution in [0.3, 0.4) is 0 Å². The van der Waals surface area contributed by atoms with E-state index in [1.165, 1.54) is 18.3 Å². The average molecular weight is 251 g/mol. The number of halogens is 2. The molecular weight excluding hydrogens is 240 g/mol. The summed E-state index contributed by atoms with van der Waals surface area (Å²) >= 11 is 0. The normalized spacial score (nSPS) is 11.6. The van der Waals surface area contributed by atoms with Gasteiger partial charge in [-0.05, 0) is 26.0 Å². The maximum absolute atomic E-state index is 13.7. The molecule has 0 spiro atoms. The topological polar surface area (TPSA) is 47.8 Å². The van der Waals surface area contributed by atoms with Crippen molar-refractivity contribution in [3.05, 3.63) is 36.2 Å². The molecule has 0 aromatic carbocycles. The van der Waals surface area contributed by atoms with E-state index in [1.807, 2.05) is 0 Å². The maximum Gasteiger partial charge on any atom is 0.170 e. The summed E-state index contributed by atoms with van der Waals surface area (Å²) in [6.45, 7) is 3.15. The van der Waals surface area contributed by atoms with Crippen molar-refractivity contribution in [2.45, 2.75) is 19.4 Å². The van der Waals surface area contributed by atoms with Gasteiger partial charge in [-0.2, -0.15) is 5.10 Å². The first-order chi connectivity index (χ1) is 8.45. The van der Waals surface area contributed by atoms with Gasteiger partial charge in [0.15, 0.2) is 11.6 Å². The number of pyridine rings is 1. The van der Waals surface area contributed by atoms with Crippen LogP contribution in [0.4, 0.5) is 8.78 Å². The Labute approximate surface area is 102 Å². The van der Waals surface area contributed by atoms with E-state index in [9.17, 15) is 13.6 Å². The Morgan fingerprint density at radius 3 is 2.61 bits per heavy atom. The molecule has 6 heteroatoms. The van der Waals surface area contributed by atoms with Crippen LogP contribution in [0.15, 0.2) is 24.5 Å². The van der Waals surface area contributed by atoms with E-state index in [1.54, 1.807) is 13.8 Å². The van der Waals surface area contributed by atoms with Crippen molar-refractivity contribution in [2.24, 2.45) is 0 Å². The van der Waals surface area contributed by atoms with Crippen molar-refractivity contribution in [2.75, 3.05) is 0 Å². The smallest absolute Gasteiger partial charge is 0.170 e. The molecule has 0 aliphatic rings. The fourth-order valence-electron chi connectivity index (χ4n) is 1.42. The predicted molar refractivity (Wildman–Crippen MR) is 60.8 cm³/mol. The van der Waals surface area contributed by atoms with E-state index < -0.39 is 17.2 Å². The molecule has 0 unspecified atom stereocenters. The second-order valence-corrected chi connectivity index (χ2v) is 4.38. The average Bonchev–Trinajstić information content (AvgIpc) is 2.73. The van der Waals surface area contributed by atoms with Crippen molar-refractivity contribution in [1.29, 1.82) is 0 Å². The van der Waals surface area contributed by atoms with Gasteiger partial charge in [-0.15, -0.1) is 0 Å². The second-order valence-electron chi connectivity index (χ2n) is 4.38. The lowest BCUT2D eigenvalue weighted by molar-refractivity contribution is -0.114. The van der Waals surface area contributed by atoms with E-state index in [4.69, 9.17) is 0 Å². The minimum absolute atomic E-state index is 0.171. The Morgan fingerprint density at radius 2 is 2.00 bits per heavy atom. The molecule has 2 heterocycles. The first-order valence-electron chi connectivity index (χ1n) is 5.28. The molecule has 94 valence electrons. The number of aldehydes is 1. The van der Waals surface area contributed by atoms with E-state index in [0.29, 0.717) is 6.29 Å². The molecule has 2 aromatic heterocycles. The second kappa shape index (κ2) is 4.29. The summed E-state index contributed by atoms with van der Waals surface area (Å²) in [5.74, 6) is -1.38. The third-order valence-electron chi connectivity index (χ3n) is 2.53. The van der Waals surface area contributed by atoms with Crippen LogP contribution in [-0.2, 0) is 10.3 Å². The lowest BCUT2D eigenvalue weighted by atomic mass is 10.1. The van der Waals surface area contributed by atoms with Gasteiger partial charge in [0.2, 0.25) is 0 Å². The zero-order valence-corrected chi connectivity index (χ0v) is 9.89. The summed E-state index contributed by atoms with van der Waals surface area (Å²) in [6, 6.07) is 2.58. The predicted octanol–water partition coefficient (Wildman–Crippen LogP) is 2.16. The van der Waals surface area contributed by atoms with Crippen LogP contribution in [-0.4, -0.2) is 21.1 Å².